The number of carbonyl (C=O) groups is 1. The van der Waals surface area contributed by atoms with Crippen molar-refractivity contribution < 1.29 is 4.79 Å². The monoisotopic (exact) mass is 266 g/mol. The molecule has 2 amide bonds. The van der Waals surface area contributed by atoms with Crippen molar-refractivity contribution in [3.05, 3.63) is 34.9 Å². The highest BCUT2D eigenvalue weighted by molar-refractivity contribution is 6.30. The molecule has 1 unspecified atom stereocenters. The minimum atomic E-state index is -0.0799. The summed E-state index contributed by atoms with van der Waals surface area (Å²) in [6, 6.07) is 7.58. The standard InChI is InChI=1S/C14H19ClN2O/c1-2-13(11-5-7-12(15)8-6-11)17-14(18)16-9-10-3-4-10/h5-8,10,13H,2-4,9H2,1H3,(H2,16,17,18). The maximum atomic E-state index is 11.7. The molecule has 0 radical (unpaired) electrons. The second-order valence-corrected chi connectivity index (χ2v) is 5.25. The van der Waals surface area contributed by atoms with Crippen LogP contribution in [-0.4, -0.2) is 12.6 Å². The van der Waals surface area contributed by atoms with Crippen LogP contribution in [-0.2, 0) is 0 Å². The Morgan fingerprint density at radius 3 is 2.61 bits per heavy atom. The first-order valence-electron chi connectivity index (χ1n) is 6.49. The van der Waals surface area contributed by atoms with Crippen LogP contribution in [0.15, 0.2) is 24.3 Å². The van der Waals surface area contributed by atoms with Gasteiger partial charge in [0.2, 0.25) is 0 Å². The van der Waals surface area contributed by atoms with Crippen molar-refractivity contribution in [1.29, 1.82) is 0 Å². The van der Waals surface area contributed by atoms with Crippen molar-refractivity contribution in [2.24, 2.45) is 5.92 Å². The summed E-state index contributed by atoms with van der Waals surface area (Å²) in [4.78, 5) is 11.7. The first kappa shape index (κ1) is 13.2. The molecule has 1 aromatic carbocycles. The summed E-state index contributed by atoms with van der Waals surface area (Å²) < 4.78 is 0. The average Bonchev–Trinajstić information content (AvgIpc) is 3.19. The zero-order valence-electron chi connectivity index (χ0n) is 10.6. The van der Waals surface area contributed by atoms with Gasteiger partial charge in [-0.25, -0.2) is 4.79 Å². The lowest BCUT2D eigenvalue weighted by Crippen LogP contribution is -2.38. The predicted molar refractivity (Wildman–Crippen MR) is 73.7 cm³/mol. The van der Waals surface area contributed by atoms with Crippen LogP contribution in [0.5, 0.6) is 0 Å². The largest absolute Gasteiger partial charge is 0.338 e. The number of halogens is 1. The molecular formula is C14H19ClN2O. The maximum Gasteiger partial charge on any atom is 0.315 e. The zero-order valence-corrected chi connectivity index (χ0v) is 11.3. The third-order valence-corrected chi connectivity index (χ3v) is 3.49. The number of urea groups is 1. The molecule has 1 atom stereocenters. The summed E-state index contributed by atoms with van der Waals surface area (Å²) in [5.74, 6) is 0.700. The molecule has 0 aliphatic heterocycles. The van der Waals surface area contributed by atoms with Crippen molar-refractivity contribution >= 4 is 17.6 Å². The van der Waals surface area contributed by atoms with Crippen LogP contribution in [0, 0.1) is 5.92 Å². The van der Waals surface area contributed by atoms with E-state index in [4.69, 9.17) is 11.6 Å². The molecule has 1 aliphatic rings. The number of hydrogen-bond acceptors (Lipinski definition) is 1. The second-order valence-electron chi connectivity index (χ2n) is 4.81. The highest BCUT2D eigenvalue weighted by Gasteiger charge is 2.22. The van der Waals surface area contributed by atoms with Gasteiger partial charge >= 0.3 is 6.03 Å². The van der Waals surface area contributed by atoms with E-state index in [2.05, 4.69) is 17.6 Å². The molecule has 1 saturated carbocycles. The second kappa shape index (κ2) is 6.10. The van der Waals surface area contributed by atoms with Crippen LogP contribution < -0.4 is 10.6 Å². The molecule has 0 aromatic heterocycles. The molecule has 18 heavy (non-hydrogen) atoms. The fraction of sp³-hybridized carbons (Fsp3) is 0.500. The Hall–Kier alpha value is -1.22. The molecule has 98 valence electrons. The van der Waals surface area contributed by atoms with Crippen molar-refractivity contribution in [1.82, 2.24) is 10.6 Å². The van der Waals surface area contributed by atoms with Gasteiger partial charge in [-0.3, -0.25) is 0 Å². The molecule has 1 fully saturated rings. The summed E-state index contributed by atoms with van der Waals surface area (Å²) in [5, 5.41) is 6.62. The summed E-state index contributed by atoms with van der Waals surface area (Å²) in [7, 11) is 0. The number of rotatable bonds is 5. The first-order valence-corrected chi connectivity index (χ1v) is 6.86. The number of benzene rings is 1. The van der Waals surface area contributed by atoms with Gasteiger partial charge in [-0.2, -0.15) is 0 Å². The smallest absolute Gasteiger partial charge is 0.315 e. The van der Waals surface area contributed by atoms with Crippen molar-refractivity contribution in [2.75, 3.05) is 6.54 Å². The SMILES string of the molecule is CCC(NC(=O)NCC1CC1)c1ccc(Cl)cc1. The van der Waals surface area contributed by atoms with Crippen molar-refractivity contribution in [3.8, 4) is 0 Å². The van der Waals surface area contributed by atoms with Gasteiger partial charge < -0.3 is 10.6 Å². The van der Waals surface area contributed by atoms with Crippen LogP contribution in [0.4, 0.5) is 4.79 Å². The van der Waals surface area contributed by atoms with E-state index < -0.39 is 0 Å². The normalized spacial score (nSPS) is 16.1. The molecule has 0 spiro atoms. The van der Waals surface area contributed by atoms with Gasteiger partial charge in [0.25, 0.3) is 0 Å². The summed E-state index contributed by atoms with van der Waals surface area (Å²) >= 11 is 5.86. The lowest BCUT2D eigenvalue weighted by Gasteiger charge is -2.18. The number of amides is 2. The van der Waals surface area contributed by atoms with Crippen LogP contribution in [0.1, 0.15) is 37.8 Å². The zero-order chi connectivity index (χ0) is 13.0. The Morgan fingerprint density at radius 1 is 1.39 bits per heavy atom. The average molecular weight is 267 g/mol. The van der Waals surface area contributed by atoms with E-state index >= 15 is 0 Å². The Labute approximate surface area is 113 Å². The predicted octanol–water partition coefficient (Wildman–Crippen LogP) is 3.50. The van der Waals surface area contributed by atoms with Gasteiger partial charge in [-0.1, -0.05) is 30.7 Å². The number of hydrogen-bond donors (Lipinski definition) is 2. The molecule has 0 heterocycles. The first-order chi connectivity index (χ1) is 8.69. The quantitative estimate of drug-likeness (QED) is 0.841. The molecule has 0 bridgehead atoms. The third-order valence-electron chi connectivity index (χ3n) is 3.23. The molecule has 2 rings (SSSR count). The van der Waals surface area contributed by atoms with E-state index in [1.165, 1.54) is 12.8 Å². The van der Waals surface area contributed by atoms with Crippen LogP contribution in [0.25, 0.3) is 0 Å². The van der Waals surface area contributed by atoms with Gasteiger partial charge in [-0.15, -0.1) is 0 Å². The number of nitrogens with one attached hydrogen (secondary N) is 2. The van der Waals surface area contributed by atoms with Crippen LogP contribution in [0.3, 0.4) is 0 Å². The van der Waals surface area contributed by atoms with Gasteiger partial charge in [0.05, 0.1) is 6.04 Å². The van der Waals surface area contributed by atoms with Gasteiger partial charge in [0, 0.05) is 11.6 Å². The minimum Gasteiger partial charge on any atom is -0.338 e. The van der Waals surface area contributed by atoms with Crippen molar-refractivity contribution in [3.63, 3.8) is 0 Å². The van der Waals surface area contributed by atoms with E-state index in [1.54, 1.807) is 0 Å². The summed E-state index contributed by atoms with van der Waals surface area (Å²) in [5.41, 5.74) is 1.09. The van der Waals surface area contributed by atoms with Crippen LogP contribution in [0.2, 0.25) is 5.02 Å². The highest BCUT2D eigenvalue weighted by Crippen LogP contribution is 2.27. The maximum absolute atomic E-state index is 11.7. The van der Waals surface area contributed by atoms with Crippen LogP contribution >= 0.6 is 11.6 Å². The lowest BCUT2D eigenvalue weighted by molar-refractivity contribution is 0.236. The van der Waals surface area contributed by atoms with E-state index in [0.29, 0.717) is 10.9 Å². The van der Waals surface area contributed by atoms with Gasteiger partial charge in [0.1, 0.15) is 0 Å². The minimum absolute atomic E-state index is 0.0430. The summed E-state index contributed by atoms with van der Waals surface area (Å²) in [6.45, 7) is 2.85. The fourth-order valence-electron chi connectivity index (χ4n) is 1.88. The Morgan fingerprint density at radius 2 is 2.06 bits per heavy atom. The van der Waals surface area contributed by atoms with E-state index in [9.17, 15) is 4.79 Å². The van der Waals surface area contributed by atoms with Gasteiger partial charge in [-0.05, 0) is 42.9 Å². The Balaban J connectivity index is 1.87. The topological polar surface area (TPSA) is 41.1 Å². The number of carbonyl (C=O) groups excluding carboxylic acids is 1. The molecule has 0 saturated heterocycles. The van der Waals surface area contributed by atoms with Gasteiger partial charge in [0.15, 0.2) is 0 Å². The Bertz CT molecular complexity index is 401. The van der Waals surface area contributed by atoms with E-state index in [-0.39, 0.29) is 12.1 Å². The molecule has 1 aromatic rings. The van der Waals surface area contributed by atoms with E-state index in [1.807, 2.05) is 24.3 Å². The summed E-state index contributed by atoms with van der Waals surface area (Å²) in [6.07, 6.45) is 3.35. The highest BCUT2D eigenvalue weighted by atomic mass is 35.5. The molecule has 1 aliphatic carbocycles. The van der Waals surface area contributed by atoms with E-state index in [0.717, 1.165) is 18.5 Å². The fourth-order valence-corrected chi connectivity index (χ4v) is 2.01. The molecule has 4 heteroatoms. The molecular weight excluding hydrogens is 248 g/mol. The Kier molecular flexibility index (Phi) is 4.48. The molecule has 3 nitrogen and oxygen atoms in total. The third kappa shape index (κ3) is 3.91. The molecule has 2 N–H and O–H groups in total. The van der Waals surface area contributed by atoms with Crippen molar-refractivity contribution in [2.45, 2.75) is 32.2 Å². The lowest BCUT2D eigenvalue weighted by atomic mass is 10.1.